The monoisotopic (exact) mass is 520 g/mol. The van der Waals surface area contributed by atoms with Crippen molar-refractivity contribution in [2.75, 3.05) is 13.6 Å². The van der Waals surface area contributed by atoms with E-state index >= 15 is 0 Å². The van der Waals surface area contributed by atoms with Gasteiger partial charge in [0.1, 0.15) is 5.71 Å². The first-order valence-electron chi connectivity index (χ1n) is 11.3. The number of carbonyl (C=O) groups is 1. The average Bonchev–Trinajstić information content (AvgIpc) is 3.20. The smallest absolute Gasteiger partial charge is 0.229 e. The van der Waals surface area contributed by atoms with E-state index in [4.69, 9.17) is 28.3 Å². The summed E-state index contributed by atoms with van der Waals surface area (Å²) < 4.78 is 0. The summed E-state index contributed by atoms with van der Waals surface area (Å²) in [5.74, 6) is 0. The minimum atomic E-state index is -0.105. The Balaban J connectivity index is 0.00000137. The molecule has 1 aromatic heterocycles. The van der Waals surface area contributed by atoms with Gasteiger partial charge in [0, 0.05) is 15.6 Å². The van der Waals surface area contributed by atoms with Gasteiger partial charge in [-0.25, -0.2) is 9.99 Å². The number of carbonyl (C=O) groups excluding carboxylic acids is 1. The van der Waals surface area contributed by atoms with Crippen LogP contribution in [0, 0.1) is 13.8 Å². The summed E-state index contributed by atoms with van der Waals surface area (Å²) in [6.45, 7) is 12.3. The van der Waals surface area contributed by atoms with Gasteiger partial charge < -0.3 is 5.32 Å². The van der Waals surface area contributed by atoms with E-state index in [0.717, 1.165) is 33.1 Å². The molecule has 5 nitrogen and oxygen atoms in total. The number of aromatic nitrogens is 1. The van der Waals surface area contributed by atoms with E-state index in [-0.39, 0.29) is 6.04 Å². The van der Waals surface area contributed by atoms with E-state index in [2.05, 4.69) is 10.3 Å². The lowest BCUT2D eigenvalue weighted by Gasteiger charge is -2.22. The Hall–Kier alpha value is -2.25. The van der Waals surface area contributed by atoms with Crippen LogP contribution in [0.2, 0.25) is 10.0 Å². The number of amides is 1. The van der Waals surface area contributed by atoms with Gasteiger partial charge in [0.15, 0.2) is 0 Å². The number of thiazole rings is 1. The van der Waals surface area contributed by atoms with Gasteiger partial charge >= 0.3 is 0 Å². The van der Waals surface area contributed by atoms with Crippen LogP contribution in [0.25, 0.3) is 0 Å². The Morgan fingerprint density at radius 2 is 1.56 bits per heavy atom. The van der Waals surface area contributed by atoms with E-state index in [0.29, 0.717) is 22.3 Å². The number of aryl methyl sites for hydroxylation is 2. The number of hydrogen-bond acceptors (Lipinski definition) is 5. The minimum absolute atomic E-state index is 0.105. The van der Waals surface area contributed by atoms with Crippen LogP contribution < -0.4 is 5.32 Å². The summed E-state index contributed by atoms with van der Waals surface area (Å²) in [6, 6.07) is 14.8. The zero-order valence-electron chi connectivity index (χ0n) is 20.9. The molecule has 1 N–H and O–H groups in total. The molecular formula is C26H34Cl2N4OS. The second kappa shape index (κ2) is 15.6. The van der Waals surface area contributed by atoms with Gasteiger partial charge in [0.25, 0.3) is 0 Å². The van der Waals surface area contributed by atoms with Crippen LogP contribution in [0.1, 0.15) is 60.4 Å². The molecule has 1 unspecified atom stereocenters. The van der Waals surface area contributed by atoms with Crippen LogP contribution in [-0.4, -0.2) is 35.7 Å². The SMILES string of the molecule is CC.CC.CNC(CN(C=O)/N=C(/c1ccc(Cl)cc1)c1sc(C)nc1C)c1ccc(Cl)cc1. The minimum Gasteiger partial charge on any atom is -0.311 e. The number of nitrogens with one attached hydrogen (secondary N) is 1. The number of hydrogen-bond donors (Lipinski definition) is 1. The number of hydrazone groups is 1. The highest BCUT2D eigenvalue weighted by molar-refractivity contribution is 7.14. The van der Waals surface area contributed by atoms with E-state index in [1.165, 1.54) is 5.01 Å². The lowest BCUT2D eigenvalue weighted by molar-refractivity contribution is -0.118. The van der Waals surface area contributed by atoms with Crippen LogP contribution in [0.4, 0.5) is 0 Å². The normalized spacial score (nSPS) is 11.5. The first-order valence-corrected chi connectivity index (χ1v) is 12.9. The molecule has 0 saturated carbocycles. The fraction of sp³-hybridized carbons (Fsp3) is 0.346. The number of likely N-dealkylation sites (N-methyl/N-ethyl adjacent to an activating group) is 1. The Kier molecular flexibility index (Phi) is 13.7. The molecule has 3 rings (SSSR count). The standard InChI is InChI=1S/C22H22Cl2N4OS.2C2H6/c1-14-22(30-15(2)26-14)21(17-6-10-19(24)11-7-17)27-28(13-29)12-20(25-3)16-4-8-18(23)9-5-16;2*1-2/h4-11,13,20,25H,12H2,1-3H3;2*1-2H3/b27-21-;;. The molecule has 8 heteroatoms. The lowest BCUT2D eigenvalue weighted by Crippen LogP contribution is -2.31. The highest BCUT2D eigenvalue weighted by atomic mass is 35.5. The molecule has 34 heavy (non-hydrogen) atoms. The van der Waals surface area contributed by atoms with Gasteiger partial charge in [0.05, 0.1) is 28.2 Å². The zero-order chi connectivity index (χ0) is 25.7. The maximum Gasteiger partial charge on any atom is 0.229 e. The number of halogens is 2. The van der Waals surface area contributed by atoms with Crippen LogP contribution >= 0.6 is 34.5 Å². The van der Waals surface area contributed by atoms with Crippen molar-refractivity contribution in [3.63, 3.8) is 0 Å². The summed E-state index contributed by atoms with van der Waals surface area (Å²) in [6.07, 6.45) is 0.736. The number of nitrogens with zero attached hydrogens (tertiary/aromatic N) is 3. The summed E-state index contributed by atoms with van der Waals surface area (Å²) in [5, 5.41) is 11.6. The van der Waals surface area contributed by atoms with Crippen molar-refractivity contribution in [3.8, 4) is 0 Å². The zero-order valence-corrected chi connectivity index (χ0v) is 23.2. The highest BCUT2D eigenvalue weighted by Gasteiger charge is 2.18. The second-order valence-electron chi connectivity index (χ2n) is 6.72. The summed E-state index contributed by atoms with van der Waals surface area (Å²) in [7, 11) is 1.85. The summed E-state index contributed by atoms with van der Waals surface area (Å²) >= 11 is 13.6. The van der Waals surface area contributed by atoms with E-state index < -0.39 is 0 Å². The topological polar surface area (TPSA) is 57.6 Å². The Morgan fingerprint density at radius 3 is 2.00 bits per heavy atom. The lowest BCUT2D eigenvalue weighted by atomic mass is 10.1. The van der Waals surface area contributed by atoms with Crippen molar-refractivity contribution in [1.29, 1.82) is 0 Å². The molecule has 1 amide bonds. The fourth-order valence-corrected chi connectivity index (χ4v) is 4.25. The largest absolute Gasteiger partial charge is 0.311 e. The Morgan fingerprint density at radius 1 is 1.03 bits per heavy atom. The molecule has 1 heterocycles. The first kappa shape index (κ1) is 29.8. The van der Waals surface area contributed by atoms with Gasteiger partial charge in [-0.15, -0.1) is 11.3 Å². The van der Waals surface area contributed by atoms with Crippen molar-refractivity contribution in [2.24, 2.45) is 5.10 Å². The van der Waals surface area contributed by atoms with E-state index in [9.17, 15) is 4.79 Å². The van der Waals surface area contributed by atoms with Gasteiger partial charge in [-0.05, 0) is 50.7 Å². The van der Waals surface area contributed by atoms with Crippen LogP contribution in [0.5, 0.6) is 0 Å². The molecule has 1 atom stereocenters. The van der Waals surface area contributed by atoms with Crippen molar-refractivity contribution in [3.05, 3.63) is 85.3 Å². The number of benzene rings is 2. The molecule has 184 valence electrons. The molecule has 0 radical (unpaired) electrons. The second-order valence-corrected chi connectivity index (χ2v) is 8.80. The fourth-order valence-electron chi connectivity index (χ4n) is 3.07. The van der Waals surface area contributed by atoms with E-state index in [1.807, 2.05) is 97.1 Å². The highest BCUT2D eigenvalue weighted by Crippen LogP contribution is 2.24. The predicted molar refractivity (Wildman–Crippen MR) is 147 cm³/mol. The summed E-state index contributed by atoms with van der Waals surface area (Å²) in [5.41, 5.74) is 3.44. The van der Waals surface area contributed by atoms with Gasteiger partial charge in [0.2, 0.25) is 6.41 Å². The average molecular weight is 522 g/mol. The number of rotatable bonds is 8. The van der Waals surface area contributed by atoms with Gasteiger partial charge in [-0.3, -0.25) is 4.79 Å². The van der Waals surface area contributed by atoms with Crippen LogP contribution in [-0.2, 0) is 4.79 Å². The Labute approximate surface area is 217 Å². The van der Waals surface area contributed by atoms with Crippen molar-refractivity contribution in [2.45, 2.75) is 47.6 Å². The molecule has 0 aliphatic carbocycles. The Bertz CT molecular complexity index is 1030. The van der Waals surface area contributed by atoms with Crippen molar-refractivity contribution in [1.82, 2.24) is 15.3 Å². The maximum atomic E-state index is 11.9. The predicted octanol–water partition coefficient (Wildman–Crippen LogP) is 7.29. The molecule has 0 bridgehead atoms. The maximum absolute atomic E-state index is 11.9. The quantitative estimate of drug-likeness (QED) is 0.192. The molecule has 2 aromatic carbocycles. The molecule has 0 spiro atoms. The van der Waals surface area contributed by atoms with Gasteiger partial charge in [-0.2, -0.15) is 5.10 Å². The van der Waals surface area contributed by atoms with E-state index in [1.54, 1.807) is 11.3 Å². The molecule has 0 saturated heterocycles. The molecular weight excluding hydrogens is 487 g/mol. The third-order valence-electron chi connectivity index (χ3n) is 4.58. The van der Waals surface area contributed by atoms with Gasteiger partial charge in [-0.1, -0.05) is 75.2 Å². The molecule has 0 fully saturated rings. The third-order valence-corrected chi connectivity index (χ3v) is 6.16. The van der Waals surface area contributed by atoms with Crippen LogP contribution in [0.15, 0.2) is 53.6 Å². The molecule has 0 aliphatic rings. The first-order chi connectivity index (χ1) is 16.4. The van der Waals surface area contributed by atoms with Crippen molar-refractivity contribution < 1.29 is 4.79 Å². The molecule has 3 aromatic rings. The third kappa shape index (κ3) is 8.51. The van der Waals surface area contributed by atoms with Crippen LogP contribution in [0.3, 0.4) is 0 Å². The summed E-state index contributed by atoms with van der Waals surface area (Å²) in [4.78, 5) is 17.4. The molecule has 0 aliphatic heterocycles. The van der Waals surface area contributed by atoms with Crippen molar-refractivity contribution >= 4 is 46.7 Å².